The van der Waals surface area contributed by atoms with Gasteiger partial charge in [-0.25, -0.2) is 0 Å². The number of hydrogen-bond donors (Lipinski definition) is 0. The van der Waals surface area contributed by atoms with Gasteiger partial charge in [0.15, 0.2) is 0 Å². The van der Waals surface area contributed by atoms with Gasteiger partial charge in [-0.05, 0) is 44.0 Å². The fraction of sp³-hybridized carbons (Fsp3) is 0. The molecule has 0 saturated heterocycles. The number of hydrogen-bond acceptors (Lipinski definition) is 2. The van der Waals surface area contributed by atoms with Crippen molar-refractivity contribution >= 4 is 49.3 Å². The number of nitrogens with zero attached hydrogens (tertiary/aromatic N) is 1. The Morgan fingerprint density at radius 3 is 2.73 bits per heavy atom. The average Bonchev–Trinajstić information content (AvgIpc) is 2.28. The topological polar surface area (TPSA) is 23.8 Å². The van der Waals surface area contributed by atoms with Crippen LogP contribution in [0.5, 0.6) is 0 Å². The van der Waals surface area contributed by atoms with Crippen LogP contribution in [0.1, 0.15) is 4.88 Å². The SMILES string of the molecule is N#CC=Cc1cc(Br)c(Br)s1. The normalized spacial score (nSPS) is 10.3. The van der Waals surface area contributed by atoms with Gasteiger partial charge in [0.1, 0.15) is 0 Å². The Balaban J connectivity index is 2.91. The summed E-state index contributed by atoms with van der Waals surface area (Å²) in [4.78, 5) is 1.06. The molecule has 0 amide bonds. The van der Waals surface area contributed by atoms with Gasteiger partial charge in [0, 0.05) is 15.4 Å². The van der Waals surface area contributed by atoms with E-state index in [4.69, 9.17) is 5.26 Å². The molecular weight excluding hydrogens is 290 g/mol. The lowest BCUT2D eigenvalue weighted by molar-refractivity contribution is 1.54. The zero-order valence-corrected chi connectivity index (χ0v) is 9.33. The molecule has 1 heterocycles. The van der Waals surface area contributed by atoms with Crippen molar-refractivity contribution in [3.8, 4) is 6.07 Å². The summed E-state index contributed by atoms with van der Waals surface area (Å²) in [6.45, 7) is 0. The van der Waals surface area contributed by atoms with Gasteiger partial charge in [-0.15, -0.1) is 11.3 Å². The van der Waals surface area contributed by atoms with E-state index in [1.165, 1.54) is 6.08 Å². The summed E-state index contributed by atoms with van der Waals surface area (Å²) in [6, 6.07) is 3.90. The number of rotatable bonds is 1. The molecule has 0 saturated carbocycles. The van der Waals surface area contributed by atoms with Crippen molar-refractivity contribution in [2.75, 3.05) is 0 Å². The minimum absolute atomic E-state index is 1.03. The molecule has 56 valence electrons. The Morgan fingerprint density at radius 2 is 2.27 bits per heavy atom. The Labute approximate surface area is 85.6 Å². The first-order valence-corrected chi connectivity index (χ1v) is 5.15. The van der Waals surface area contributed by atoms with Gasteiger partial charge in [-0.3, -0.25) is 0 Å². The second-order valence-corrected chi connectivity index (χ2v) is 4.99. The van der Waals surface area contributed by atoms with Gasteiger partial charge in [-0.1, -0.05) is 0 Å². The van der Waals surface area contributed by atoms with Crippen molar-refractivity contribution in [3.63, 3.8) is 0 Å². The highest BCUT2D eigenvalue weighted by Crippen LogP contribution is 2.32. The van der Waals surface area contributed by atoms with E-state index >= 15 is 0 Å². The maximum Gasteiger partial charge on any atom is 0.0912 e. The summed E-state index contributed by atoms with van der Waals surface area (Å²) in [5.41, 5.74) is 0. The predicted molar refractivity (Wildman–Crippen MR) is 54.4 cm³/mol. The van der Waals surface area contributed by atoms with E-state index in [1.807, 2.05) is 12.1 Å². The molecule has 0 bridgehead atoms. The molecule has 1 nitrogen and oxygen atoms in total. The van der Waals surface area contributed by atoms with Gasteiger partial charge in [0.25, 0.3) is 0 Å². The number of allylic oxidation sites excluding steroid dienone is 1. The van der Waals surface area contributed by atoms with Crippen LogP contribution in [0.25, 0.3) is 6.08 Å². The van der Waals surface area contributed by atoms with Crippen LogP contribution in [0.15, 0.2) is 20.4 Å². The smallest absolute Gasteiger partial charge is 0.0912 e. The van der Waals surface area contributed by atoms with Gasteiger partial charge in [-0.2, -0.15) is 5.26 Å². The third-order valence-corrected chi connectivity index (χ3v) is 4.21. The monoisotopic (exact) mass is 291 g/mol. The zero-order chi connectivity index (χ0) is 8.27. The molecule has 0 unspecified atom stereocenters. The lowest BCUT2D eigenvalue weighted by atomic mass is 10.4. The van der Waals surface area contributed by atoms with Crippen molar-refractivity contribution < 1.29 is 0 Å². The molecule has 4 heteroatoms. The second kappa shape index (κ2) is 4.05. The van der Waals surface area contributed by atoms with Crippen LogP contribution in [0, 0.1) is 11.3 Å². The molecule has 0 radical (unpaired) electrons. The molecule has 0 aliphatic heterocycles. The van der Waals surface area contributed by atoms with Crippen molar-refractivity contribution in [2.24, 2.45) is 0 Å². The molecule has 1 aromatic rings. The summed E-state index contributed by atoms with van der Waals surface area (Å²) < 4.78 is 2.08. The van der Waals surface area contributed by atoms with Gasteiger partial charge < -0.3 is 0 Å². The standard InChI is InChI=1S/C7H3Br2NS/c8-6-4-5(2-1-3-10)11-7(6)9/h1-2,4H. The first-order valence-electron chi connectivity index (χ1n) is 2.75. The Bertz CT molecular complexity index is 302. The van der Waals surface area contributed by atoms with Crippen LogP contribution in [0.4, 0.5) is 0 Å². The van der Waals surface area contributed by atoms with Gasteiger partial charge in [0.2, 0.25) is 0 Å². The lowest BCUT2D eigenvalue weighted by Crippen LogP contribution is -1.53. The molecule has 0 atom stereocenters. The fourth-order valence-electron chi connectivity index (χ4n) is 0.565. The highest BCUT2D eigenvalue weighted by Gasteiger charge is 1.99. The molecule has 0 aliphatic carbocycles. The van der Waals surface area contributed by atoms with Crippen LogP contribution in [-0.4, -0.2) is 0 Å². The predicted octanol–water partition coefficient (Wildman–Crippen LogP) is 3.81. The van der Waals surface area contributed by atoms with Crippen LogP contribution >= 0.6 is 43.2 Å². The minimum atomic E-state index is 1.03. The van der Waals surface area contributed by atoms with E-state index in [-0.39, 0.29) is 0 Å². The zero-order valence-electron chi connectivity index (χ0n) is 5.34. The third kappa shape index (κ3) is 2.44. The van der Waals surface area contributed by atoms with Crippen LogP contribution in [0.2, 0.25) is 0 Å². The summed E-state index contributed by atoms with van der Waals surface area (Å²) >= 11 is 8.30. The Hall–Kier alpha value is -0.110. The van der Waals surface area contributed by atoms with E-state index in [0.29, 0.717) is 0 Å². The second-order valence-electron chi connectivity index (χ2n) is 1.73. The Kier molecular flexibility index (Phi) is 3.31. The van der Waals surface area contributed by atoms with E-state index in [0.717, 1.165) is 13.1 Å². The third-order valence-electron chi connectivity index (χ3n) is 0.986. The highest BCUT2D eigenvalue weighted by molar-refractivity contribution is 9.13. The summed E-state index contributed by atoms with van der Waals surface area (Å²) in [5, 5.41) is 8.25. The highest BCUT2D eigenvalue weighted by atomic mass is 79.9. The molecule has 0 aromatic carbocycles. The molecule has 0 fully saturated rings. The van der Waals surface area contributed by atoms with E-state index in [1.54, 1.807) is 17.4 Å². The average molecular weight is 293 g/mol. The van der Waals surface area contributed by atoms with Crippen LogP contribution in [0.3, 0.4) is 0 Å². The lowest BCUT2D eigenvalue weighted by Gasteiger charge is -1.75. The minimum Gasteiger partial charge on any atom is -0.193 e. The number of thiophene rings is 1. The number of nitriles is 1. The first-order chi connectivity index (χ1) is 5.24. The van der Waals surface area contributed by atoms with E-state index in [9.17, 15) is 0 Å². The summed E-state index contributed by atoms with van der Waals surface area (Å²) in [6.07, 6.45) is 3.24. The maximum absolute atomic E-state index is 8.25. The van der Waals surface area contributed by atoms with Gasteiger partial charge in [0.05, 0.1) is 9.86 Å². The maximum atomic E-state index is 8.25. The fourth-order valence-corrected chi connectivity index (χ4v) is 2.56. The number of halogens is 2. The molecule has 1 aromatic heterocycles. The Morgan fingerprint density at radius 1 is 1.55 bits per heavy atom. The van der Waals surface area contributed by atoms with Crippen LogP contribution in [-0.2, 0) is 0 Å². The van der Waals surface area contributed by atoms with E-state index < -0.39 is 0 Å². The first kappa shape index (κ1) is 8.98. The van der Waals surface area contributed by atoms with Gasteiger partial charge >= 0.3 is 0 Å². The molecule has 11 heavy (non-hydrogen) atoms. The molecule has 0 spiro atoms. The molecule has 0 aliphatic rings. The molecular formula is C7H3Br2NS. The molecule has 0 N–H and O–H groups in total. The van der Waals surface area contributed by atoms with Crippen LogP contribution < -0.4 is 0 Å². The van der Waals surface area contributed by atoms with E-state index in [2.05, 4.69) is 31.9 Å². The van der Waals surface area contributed by atoms with Crippen molar-refractivity contribution in [1.82, 2.24) is 0 Å². The quantitative estimate of drug-likeness (QED) is 0.722. The van der Waals surface area contributed by atoms with Crippen molar-refractivity contribution in [3.05, 3.63) is 25.3 Å². The largest absolute Gasteiger partial charge is 0.193 e. The summed E-state index contributed by atoms with van der Waals surface area (Å²) in [7, 11) is 0. The molecule has 1 rings (SSSR count). The van der Waals surface area contributed by atoms with Crippen molar-refractivity contribution in [1.29, 1.82) is 5.26 Å². The van der Waals surface area contributed by atoms with Crippen molar-refractivity contribution in [2.45, 2.75) is 0 Å². The summed E-state index contributed by atoms with van der Waals surface area (Å²) in [5.74, 6) is 0.